The Morgan fingerprint density at radius 1 is 1.25 bits per heavy atom. The number of fused-ring (bicyclic) bond motifs is 1. The molecule has 2 heterocycles. The van der Waals surface area contributed by atoms with Crippen LogP contribution < -0.4 is 5.32 Å². The highest BCUT2D eigenvalue weighted by molar-refractivity contribution is 7.99. The fraction of sp³-hybridized carbons (Fsp3) is 0.632. The molecule has 2 aliphatic carbocycles. The quantitative estimate of drug-likeness (QED) is 0.712. The van der Waals surface area contributed by atoms with Gasteiger partial charge in [-0.05, 0) is 54.5 Å². The van der Waals surface area contributed by atoms with E-state index in [0.29, 0.717) is 23.8 Å². The molecule has 148 valence electrons. The van der Waals surface area contributed by atoms with E-state index >= 15 is 0 Å². The highest BCUT2D eigenvalue weighted by Crippen LogP contribution is 2.37. The lowest BCUT2D eigenvalue weighted by Gasteiger charge is -2.21. The van der Waals surface area contributed by atoms with Gasteiger partial charge in [0.25, 0.3) is 0 Å². The van der Waals surface area contributed by atoms with Crippen LogP contribution in [-0.4, -0.2) is 31.9 Å². The molecule has 1 fully saturated rings. The average molecular weight is 417 g/mol. The molecule has 1 N–H and O–H groups in total. The monoisotopic (exact) mass is 416 g/mol. The van der Waals surface area contributed by atoms with Gasteiger partial charge in [0.2, 0.25) is 11.1 Å². The normalized spacial score (nSPS) is 17.1. The molecule has 1 saturated carbocycles. The molecule has 0 unspecified atom stereocenters. The first-order valence-corrected chi connectivity index (χ1v) is 11.8. The third-order valence-corrected chi connectivity index (χ3v) is 7.62. The van der Waals surface area contributed by atoms with Crippen LogP contribution in [0.25, 0.3) is 0 Å². The second-order valence-corrected chi connectivity index (χ2v) is 9.54. The van der Waals surface area contributed by atoms with Crippen molar-refractivity contribution in [3.05, 3.63) is 16.0 Å². The van der Waals surface area contributed by atoms with Gasteiger partial charge in [-0.1, -0.05) is 31.0 Å². The van der Waals surface area contributed by atoms with Crippen LogP contribution in [0.1, 0.15) is 73.4 Å². The zero-order valence-electron chi connectivity index (χ0n) is 15.8. The fourth-order valence-corrected chi connectivity index (χ4v) is 6.17. The number of hydrogen-bond acceptors (Lipinski definition) is 7. The van der Waals surface area contributed by atoms with Gasteiger partial charge in [0.1, 0.15) is 11.1 Å². The van der Waals surface area contributed by atoms with E-state index < -0.39 is 0 Å². The number of rotatable bonds is 6. The first-order valence-electron chi connectivity index (χ1n) is 10.0. The molecule has 0 saturated heterocycles. The summed E-state index contributed by atoms with van der Waals surface area (Å²) in [6.07, 6.45) is 10.6. The van der Waals surface area contributed by atoms with E-state index in [1.54, 1.807) is 11.3 Å². The maximum absolute atomic E-state index is 12.4. The molecule has 7 nitrogen and oxygen atoms in total. The summed E-state index contributed by atoms with van der Waals surface area (Å²) in [5.41, 5.74) is 1.82. The minimum Gasteiger partial charge on any atom is -0.317 e. The molecule has 0 atom stereocenters. The van der Waals surface area contributed by atoms with Crippen LogP contribution in [0.5, 0.6) is 0 Å². The lowest BCUT2D eigenvalue weighted by molar-refractivity contribution is -0.115. The third-order valence-electron chi connectivity index (χ3n) is 5.48. The summed E-state index contributed by atoms with van der Waals surface area (Å²) >= 11 is 3.10. The van der Waals surface area contributed by atoms with Gasteiger partial charge in [-0.2, -0.15) is 5.26 Å². The van der Waals surface area contributed by atoms with E-state index in [1.807, 2.05) is 4.68 Å². The van der Waals surface area contributed by atoms with Gasteiger partial charge >= 0.3 is 0 Å². The van der Waals surface area contributed by atoms with Crippen molar-refractivity contribution in [1.29, 1.82) is 5.26 Å². The molecule has 0 bridgehead atoms. The number of aryl methyl sites for hydroxylation is 1. The van der Waals surface area contributed by atoms with E-state index in [1.165, 1.54) is 35.9 Å². The van der Waals surface area contributed by atoms with Crippen molar-refractivity contribution in [3.8, 4) is 6.07 Å². The number of carbonyl (C=O) groups excluding carboxylic acids is 1. The van der Waals surface area contributed by atoms with Crippen LogP contribution in [0.3, 0.4) is 0 Å². The van der Waals surface area contributed by atoms with Crippen molar-refractivity contribution in [3.63, 3.8) is 0 Å². The molecule has 9 heteroatoms. The first-order chi connectivity index (χ1) is 13.8. The minimum absolute atomic E-state index is 0.0562. The maximum atomic E-state index is 12.4. The first kappa shape index (κ1) is 19.4. The number of thioether (sulfide) groups is 1. The van der Waals surface area contributed by atoms with Crippen LogP contribution in [0.15, 0.2) is 5.16 Å². The largest absolute Gasteiger partial charge is 0.317 e. The molecule has 0 spiro atoms. The lowest BCUT2D eigenvalue weighted by Crippen LogP contribution is -2.16. The molecule has 2 aromatic heterocycles. The Kier molecular flexibility index (Phi) is 6.27. The summed E-state index contributed by atoms with van der Waals surface area (Å²) in [5.74, 6) is 0.561. The van der Waals surface area contributed by atoms with E-state index in [9.17, 15) is 10.1 Å². The highest BCUT2D eigenvalue weighted by Gasteiger charge is 2.22. The number of aromatic nitrogens is 4. The number of nitrogens with zero attached hydrogens (tertiary/aromatic N) is 5. The summed E-state index contributed by atoms with van der Waals surface area (Å²) in [4.78, 5) is 13.7. The maximum Gasteiger partial charge on any atom is 0.225 e. The molecular weight excluding hydrogens is 392 g/mol. The Morgan fingerprint density at radius 2 is 2.07 bits per heavy atom. The number of hydrogen-bond donors (Lipinski definition) is 1. The zero-order valence-corrected chi connectivity index (χ0v) is 17.4. The molecule has 0 aliphatic heterocycles. The Bertz CT molecular complexity index is 878. The minimum atomic E-state index is -0.0562. The van der Waals surface area contributed by atoms with Gasteiger partial charge in [0.05, 0.1) is 11.6 Å². The topological polar surface area (TPSA) is 96.5 Å². The standard InChI is InChI=1S/C19H24N6OS2/c20-12-15-14-8-4-5-9-16(14)28-18(15)21-17(26)10-11-27-19-22-23-24-25(19)13-6-2-1-3-7-13/h13H,1-11H2,(H,21,26). The van der Waals surface area contributed by atoms with E-state index in [0.717, 1.165) is 54.2 Å². The van der Waals surface area contributed by atoms with Gasteiger partial charge in [-0.3, -0.25) is 4.79 Å². The molecule has 0 radical (unpaired) electrons. The smallest absolute Gasteiger partial charge is 0.225 e. The second kappa shape index (κ2) is 9.05. The van der Waals surface area contributed by atoms with Crippen LogP contribution in [0, 0.1) is 11.3 Å². The highest BCUT2D eigenvalue weighted by atomic mass is 32.2. The van der Waals surface area contributed by atoms with E-state index in [-0.39, 0.29) is 5.91 Å². The Hall–Kier alpha value is -1.92. The van der Waals surface area contributed by atoms with Crippen LogP contribution in [-0.2, 0) is 17.6 Å². The number of anilines is 1. The fourth-order valence-electron chi connectivity index (χ4n) is 4.03. The molecule has 4 rings (SSSR count). The summed E-state index contributed by atoms with van der Waals surface area (Å²) in [6.45, 7) is 0. The van der Waals surface area contributed by atoms with Crippen LogP contribution >= 0.6 is 23.1 Å². The van der Waals surface area contributed by atoms with Crippen molar-refractivity contribution in [2.24, 2.45) is 0 Å². The molecule has 28 heavy (non-hydrogen) atoms. The van der Waals surface area contributed by atoms with Crippen LogP contribution in [0.4, 0.5) is 5.00 Å². The van der Waals surface area contributed by atoms with Gasteiger partial charge < -0.3 is 5.32 Å². The van der Waals surface area contributed by atoms with Crippen molar-refractivity contribution >= 4 is 34.0 Å². The predicted octanol–water partition coefficient (Wildman–Crippen LogP) is 4.11. The lowest BCUT2D eigenvalue weighted by atomic mass is 9.96. The Morgan fingerprint density at radius 3 is 2.89 bits per heavy atom. The van der Waals surface area contributed by atoms with Gasteiger partial charge in [-0.25, -0.2) is 4.68 Å². The van der Waals surface area contributed by atoms with Crippen molar-refractivity contribution in [2.75, 3.05) is 11.1 Å². The molecule has 2 aromatic rings. The number of amides is 1. The Labute approximate surface area is 172 Å². The summed E-state index contributed by atoms with van der Waals surface area (Å²) < 4.78 is 1.93. The second-order valence-electron chi connectivity index (χ2n) is 7.37. The van der Waals surface area contributed by atoms with E-state index in [2.05, 4.69) is 26.9 Å². The summed E-state index contributed by atoms with van der Waals surface area (Å²) in [7, 11) is 0. The number of carbonyl (C=O) groups is 1. The molecule has 1 amide bonds. The van der Waals surface area contributed by atoms with Gasteiger partial charge in [0.15, 0.2) is 0 Å². The van der Waals surface area contributed by atoms with Crippen molar-refractivity contribution in [1.82, 2.24) is 20.2 Å². The van der Waals surface area contributed by atoms with Gasteiger partial charge in [-0.15, -0.1) is 16.4 Å². The number of tetrazole rings is 1. The molecule has 2 aliphatic rings. The molecular formula is C19H24N6OS2. The number of nitrogens with one attached hydrogen (secondary N) is 1. The molecule has 0 aromatic carbocycles. The summed E-state index contributed by atoms with van der Waals surface area (Å²) in [6, 6.07) is 2.68. The predicted molar refractivity (Wildman–Crippen MR) is 110 cm³/mol. The Balaban J connectivity index is 1.32. The third kappa shape index (κ3) is 4.23. The van der Waals surface area contributed by atoms with Crippen LogP contribution in [0.2, 0.25) is 0 Å². The van der Waals surface area contributed by atoms with E-state index in [4.69, 9.17) is 0 Å². The zero-order chi connectivity index (χ0) is 19.3. The average Bonchev–Trinajstić information content (AvgIpc) is 3.32. The summed E-state index contributed by atoms with van der Waals surface area (Å²) in [5, 5.41) is 26.1. The van der Waals surface area contributed by atoms with Crippen molar-refractivity contribution in [2.45, 2.75) is 75.4 Å². The number of nitriles is 1. The number of thiophene rings is 1. The van der Waals surface area contributed by atoms with Gasteiger partial charge in [0, 0.05) is 17.1 Å². The SMILES string of the molecule is N#Cc1c(NC(=O)CCSc2nnnn2C2CCCCC2)sc2c1CCCC2. The van der Waals surface area contributed by atoms with Crippen molar-refractivity contribution < 1.29 is 4.79 Å².